The summed E-state index contributed by atoms with van der Waals surface area (Å²) in [5.74, 6) is 2.13. The minimum atomic E-state index is 0.587. The molecule has 0 atom stereocenters. The molecule has 128 valence electrons. The smallest absolute Gasteiger partial charge is 0.247 e. The number of anilines is 2. The lowest BCUT2D eigenvalue weighted by atomic mass is 10.2. The summed E-state index contributed by atoms with van der Waals surface area (Å²) in [5, 5.41) is 11.4. The van der Waals surface area contributed by atoms with Crippen molar-refractivity contribution in [1.82, 2.24) is 15.2 Å². The van der Waals surface area contributed by atoms with Gasteiger partial charge in [0.15, 0.2) is 5.82 Å². The Morgan fingerprint density at radius 1 is 1.00 bits per heavy atom. The molecule has 0 aliphatic heterocycles. The average molecular weight is 335 g/mol. The summed E-state index contributed by atoms with van der Waals surface area (Å²) in [5.41, 5.74) is 2.34. The normalized spacial score (nSPS) is 10.3. The first-order valence-electron chi connectivity index (χ1n) is 8.06. The van der Waals surface area contributed by atoms with Gasteiger partial charge in [0, 0.05) is 20.1 Å². The van der Waals surface area contributed by atoms with E-state index in [1.54, 1.807) is 13.3 Å². The van der Waals surface area contributed by atoms with Gasteiger partial charge in [-0.2, -0.15) is 10.1 Å². The molecule has 0 radical (unpaired) electrons. The highest BCUT2D eigenvalue weighted by atomic mass is 16.5. The maximum atomic E-state index is 5.17. The Labute approximate surface area is 147 Å². The van der Waals surface area contributed by atoms with E-state index in [0.717, 1.165) is 17.9 Å². The van der Waals surface area contributed by atoms with Crippen LogP contribution in [0.25, 0.3) is 0 Å². The molecule has 2 aromatic carbocycles. The minimum Gasteiger partial charge on any atom is -0.497 e. The summed E-state index contributed by atoms with van der Waals surface area (Å²) in [6.07, 6.45) is 1.63. The molecule has 1 heterocycles. The Kier molecular flexibility index (Phi) is 5.41. The lowest BCUT2D eigenvalue weighted by molar-refractivity contribution is 0.414. The van der Waals surface area contributed by atoms with E-state index in [-0.39, 0.29) is 0 Å². The first-order chi connectivity index (χ1) is 12.2. The highest BCUT2D eigenvalue weighted by Gasteiger charge is 2.07. The number of methoxy groups -OCH3 is 1. The van der Waals surface area contributed by atoms with E-state index in [1.165, 1.54) is 5.56 Å². The van der Waals surface area contributed by atoms with Crippen molar-refractivity contribution in [2.45, 2.75) is 13.1 Å². The van der Waals surface area contributed by atoms with Crippen LogP contribution in [0.15, 0.2) is 60.8 Å². The molecule has 0 bridgehead atoms. The molecule has 1 N–H and O–H groups in total. The zero-order valence-electron chi connectivity index (χ0n) is 14.4. The summed E-state index contributed by atoms with van der Waals surface area (Å²) >= 11 is 0. The molecule has 6 nitrogen and oxygen atoms in total. The van der Waals surface area contributed by atoms with E-state index >= 15 is 0 Å². The summed E-state index contributed by atoms with van der Waals surface area (Å²) in [6, 6.07) is 18.1. The topological polar surface area (TPSA) is 63.2 Å². The van der Waals surface area contributed by atoms with Gasteiger partial charge in [-0.25, -0.2) is 0 Å². The van der Waals surface area contributed by atoms with Crippen molar-refractivity contribution >= 4 is 11.8 Å². The SMILES string of the molecule is COc1ccc(CNc2cnnc(N(C)Cc3ccccc3)n2)cc1. The average Bonchev–Trinajstić information content (AvgIpc) is 2.68. The largest absolute Gasteiger partial charge is 0.497 e. The second kappa shape index (κ2) is 8.10. The van der Waals surface area contributed by atoms with E-state index in [1.807, 2.05) is 54.4 Å². The molecule has 0 aliphatic carbocycles. The molecular formula is C19H21N5O. The van der Waals surface area contributed by atoms with Gasteiger partial charge < -0.3 is 15.0 Å². The summed E-state index contributed by atoms with van der Waals surface area (Å²) in [7, 11) is 3.62. The fraction of sp³-hybridized carbons (Fsp3) is 0.211. The van der Waals surface area contributed by atoms with Crippen LogP contribution in [-0.2, 0) is 13.1 Å². The van der Waals surface area contributed by atoms with Gasteiger partial charge >= 0.3 is 0 Å². The van der Waals surface area contributed by atoms with Crippen LogP contribution < -0.4 is 15.0 Å². The predicted molar refractivity (Wildman–Crippen MR) is 98.7 cm³/mol. The van der Waals surface area contributed by atoms with Crippen LogP contribution in [-0.4, -0.2) is 29.3 Å². The van der Waals surface area contributed by atoms with Gasteiger partial charge in [0.25, 0.3) is 0 Å². The zero-order valence-corrected chi connectivity index (χ0v) is 14.4. The van der Waals surface area contributed by atoms with Crippen molar-refractivity contribution in [1.29, 1.82) is 0 Å². The molecule has 0 saturated carbocycles. The minimum absolute atomic E-state index is 0.587. The van der Waals surface area contributed by atoms with E-state index in [4.69, 9.17) is 4.74 Å². The van der Waals surface area contributed by atoms with Crippen LogP contribution in [0.2, 0.25) is 0 Å². The number of nitrogens with zero attached hydrogens (tertiary/aromatic N) is 4. The molecule has 3 aromatic rings. The van der Waals surface area contributed by atoms with E-state index in [2.05, 4.69) is 32.6 Å². The molecule has 0 unspecified atom stereocenters. The number of nitrogens with one attached hydrogen (secondary N) is 1. The Hall–Kier alpha value is -3.15. The van der Waals surface area contributed by atoms with Gasteiger partial charge in [0.1, 0.15) is 5.75 Å². The number of hydrogen-bond donors (Lipinski definition) is 1. The van der Waals surface area contributed by atoms with E-state index in [0.29, 0.717) is 18.3 Å². The number of ether oxygens (including phenoxy) is 1. The fourth-order valence-corrected chi connectivity index (χ4v) is 2.41. The standard InChI is InChI=1S/C19H21N5O/c1-24(14-16-6-4-3-5-7-16)19-22-18(13-21-23-19)20-12-15-8-10-17(25-2)11-9-15/h3-11,13H,12,14H2,1-2H3,(H,20,22,23). The number of hydrogen-bond acceptors (Lipinski definition) is 6. The van der Waals surface area contributed by atoms with Crippen LogP contribution in [0.4, 0.5) is 11.8 Å². The highest BCUT2D eigenvalue weighted by molar-refractivity contribution is 5.40. The summed E-state index contributed by atoms with van der Waals surface area (Å²) in [4.78, 5) is 6.51. The molecule has 0 spiro atoms. The van der Waals surface area contributed by atoms with Crippen molar-refractivity contribution in [2.24, 2.45) is 0 Å². The quantitative estimate of drug-likeness (QED) is 0.716. The highest BCUT2D eigenvalue weighted by Crippen LogP contribution is 2.14. The van der Waals surface area contributed by atoms with E-state index in [9.17, 15) is 0 Å². The third kappa shape index (κ3) is 4.67. The van der Waals surface area contributed by atoms with Gasteiger partial charge in [0.2, 0.25) is 5.95 Å². The van der Waals surface area contributed by atoms with Crippen molar-refractivity contribution in [3.05, 3.63) is 71.9 Å². The van der Waals surface area contributed by atoms with Crippen LogP contribution in [0.3, 0.4) is 0 Å². The van der Waals surface area contributed by atoms with Gasteiger partial charge in [-0.1, -0.05) is 42.5 Å². The molecule has 0 aliphatic rings. The second-order valence-electron chi connectivity index (χ2n) is 5.68. The first kappa shape index (κ1) is 16.7. The molecule has 0 fully saturated rings. The Morgan fingerprint density at radius 2 is 1.76 bits per heavy atom. The van der Waals surface area contributed by atoms with Gasteiger partial charge in [-0.15, -0.1) is 5.10 Å². The van der Waals surface area contributed by atoms with Gasteiger partial charge in [-0.3, -0.25) is 0 Å². The molecule has 1 aromatic heterocycles. The predicted octanol–water partition coefficient (Wildman–Crippen LogP) is 3.13. The maximum Gasteiger partial charge on any atom is 0.247 e. The monoisotopic (exact) mass is 335 g/mol. The summed E-state index contributed by atoms with van der Waals surface area (Å²) in [6.45, 7) is 1.38. The maximum absolute atomic E-state index is 5.17. The number of rotatable bonds is 7. The molecular weight excluding hydrogens is 314 g/mol. The van der Waals surface area contributed by atoms with Crippen molar-refractivity contribution in [3.63, 3.8) is 0 Å². The van der Waals surface area contributed by atoms with Crippen LogP contribution in [0, 0.1) is 0 Å². The number of aromatic nitrogens is 3. The lowest BCUT2D eigenvalue weighted by Gasteiger charge is -2.17. The van der Waals surface area contributed by atoms with Crippen LogP contribution >= 0.6 is 0 Å². The molecule has 0 saturated heterocycles. The lowest BCUT2D eigenvalue weighted by Crippen LogP contribution is -2.20. The van der Waals surface area contributed by atoms with Crippen molar-refractivity contribution < 1.29 is 4.74 Å². The molecule has 0 amide bonds. The second-order valence-corrected chi connectivity index (χ2v) is 5.68. The van der Waals surface area contributed by atoms with Gasteiger partial charge in [0.05, 0.1) is 13.3 Å². The summed E-state index contributed by atoms with van der Waals surface area (Å²) < 4.78 is 5.17. The molecule has 6 heteroatoms. The van der Waals surface area contributed by atoms with Crippen LogP contribution in [0.5, 0.6) is 5.75 Å². The van der Waals surface area contributed by atoms with Crippen molar-refractivity contribution in [3.8, 4) is 5.75 Å². The van der Waals surface area contributed by atoms with Gasteiger partial charge in [-0.05, 0) is 23.3 Å². The Morgan fingerprint density at radius 3 is 2.48 bits per heavy atom. The fourth-order valence-electron chi connectivity index (χ4n) is 2.41. The Balaban J connectivity index is 1.62. The molecule has 25 heavy (non-hydrogen) atoms. The van der Waals surface area contributed by atoms with Crippen LogP contribution in [0.1, 0.15) is 11.1 Å². The third-order valence-corrected chi connectivity index (χ3v) is 3.78. The van der Waals surface area contributed by atoms with Crippen molar-refractivity contribution in [2.75, 3.05) is 24.4 Å². The third-order valence-electron chi connectivity index (χ3n) is 3.78. The zero-order chi connectivity index (χ0) is 17.5. The first-order valence-corrected chi connectivity index (χ1v) is 8.06. The number of benzene rings is 2. The van der Waals surface area contributed by atoms with E-state index < -0.39 is 0 Å². The molecule has 3 rings (SSSR count). The Bertz CT molecular complexity index is 792.